The predicted octanol–water partition coefficient (Wildman–Crippen LogP) is 5.82. The Balaban J connectivity index is 1.87. The first-order valence-corrected chi connectivity index (χ1v) is 10.5. The van der Waals surface area contributed by atoms with Gasteiger partial charge in [0, 0.05) is 23.2 Å². The van der Waals surface area contributed by atoms with Gasteiger partial charge in [-0.2, -0.15) is 9.78 Å². The van der Waals surface area contributed by atoms with Crippen LogP contribution in [0.2, 0.25) is 0 Å². The lowest BCUT2D eigenvalue weighted by molar-refractivity contribution is 0.607. The number of fused-ring (bicyclic) bond motifs is 1. The zero-order chi connectivity index (χ0) is 21.1. The molecule has 0 atom stereocenters. The highest BCUT2D eigenvalue weighted by atomic mass is 16.1. The predicted molar refractivity (Wildman–Crippen MR) is 125 cm³/mol. The summed E-state index contributed by atoms with van der Waals surface area (Å²) in [6, 6.07) is 23.8. The lowest BCUT2D eigenvalue weighted by Crippen LogP contribution is -2.23. The van der Waals surface area contributed by atoms with Crippen LogP contribution < -0.4 is 10.9 Å². The molecule has 152 valence electrons. The molecule has 1 N–H and O–H groups in total. The van der Waals surface area contributed by atoms with Gasteiger partial charge in [-0.1, -0.05) is 68.4 Å². The molecule has 0 aliphatic carbocycles. The molecule has 4 rings (SSSR count). The molecule has 0 saturated carbocycles. The van der Waals surface area contributed by atoms with Gasteiger partial charge in [-0.25, -0.2) is 0 Å². The van der Waals surface area contributed by atoms with E-state index in [1.807, 2.05) is 73.7 Å². The van der Waals surface area contributed by atoms with Crippen molar-refractivity contribution < 1.29 is 0 Å². The SMILES string of the molecule is Cc1ccc(NCCC(C)C)cc1-n1nc(-c2ccccc2)c2ccccc2c1=O. The summed E-state index contributed by atoms with van der Waals surface area (Å²) in [5.41, 5.74) is 4.51. The lowest BCUT2D eigenvalue weighted by Gasteiger charge is -2.15. The zero-order valence-electron chi connectivity index (χ0n) is 17.7. The Morgan fingerprint density at radius 1 is 0.933 bits per heavy atom. The van der Waals surface area contributed by atoms with Crippen molar-refractivity contribution in [3.63, 3.8) is 0 Å². The van der Waals surface area contributed by atoms with Gasteiger partial charge in [0.05, 0.1) is 16.8 Å². The number of nitrogens with zero attached hydrogens (tertiary/aromatic N) is 2. The van der Waals surface area contributed by atoms with Crippen LogP contribution in [0, 0.1) is 12.8 Å². The number of hydrogen-bond acceptors (Lipinski definition) is 3. The first-order valence-electron chi connectivity index (χ1n) is 10.5. The van der Waals surface area contributed by atoms with E-state index in [-0.39, 0.29) is 5.56 Å². The maximum absolute atomic E-state index is 13.4. The van der Waals surface area contributed by atoms with Crippen LogP contribution in [0.15, 0.2) is 77.6 Å². The molecule has 0 aliphatic rings. The molecule has 0 bridgehead atoms. The van der Waals surface area contributed by atoms with Gasteiger partial charge in [0.1, 0.15) is 0 Å². The molecule has 0 unspecified atom stereocenters. The van der Waals surface area contributed by atoms with Crippen molar-refractivity contribution in [2.24, 2.45) is 5.92 Å². The number of aryl methyl sites for hydroxylation is 1. The van der Waals surface area contributed by atoms with Crippen LogP contribution in [0.25, 0.3) is 27.7 Å². The van der Waals surface area contributed by atoms with Gasteiger partial charge in [0.15, 0.2) is 0 Å². The molecule has 0 saturated heterocycles. The third kappa shape index (κ3) is 3.99. The summed E-state index contributed by atoms with van der Waals surface area (Å²) in [5.74, 6) is 0.639. The Kier molecular flexibility index (Phi) is 5.66. The van der Waals surface area contributed by atoms with Gasteiger partial charge in [-0.3, -0.25) is 4.79 Å². The molecule has 4 aromatic rings. The highest BCUT2D eigenvalue weighted by Gasteiger charge is 2.14. The molecule has 0 amide bonds. The van der Waals surface area contributed by atoms with Crippen molar-refractivity contribution in [1.29, 1.82) is 0 Å². The molecule has 1 aromatic heterocycles. The third-order valence-electron chi connectivity index (χ3n) is 5.34. The summed E-state index contributed by atoms with van der Waals surface area (Å²) in [6.45, 7) is 7.34. The van der Waals surface area contributed by atoms with Crippen LogP contribution in [-0.2, 0) is 0 Å². The van der Waals surface area contributed by atoms with E-state index in [1.54, 1.807) is 4.68 Å². The van der Waals surface area contributed by atoms with Crippen molar-refractivity contribution in [1.82, 2.24) is 9.78 Å². The zero-order valence-corrected chi connectivity index (χ0v) is 17.7. The normalized spacial score (nSPS) is 11.2. The molecule has 1 heterocycles. The molecule has 30 heavy (non-hydrogen) atoms. The Morgan fingerprint density at radius 2 is 1.63 bits per heavy atom. The van der Waals surface area contributed by atoms with E-state index in [1.165, 1.54) is 0 Å². The van der Waals surface area contributed by atoms with E-state index in [0.717, 1.165) is 46.5 Å². The van der Waals surface area contributed by atoms with Gasteiger partial charge < -0.3 is 5.32 Å². The first-order chi connectivity index (χ1) is 14.5. The summed E-state index contributed by atoms with van der Waals surface area (Å²) in [7, 11) is 0. The molecule has 4 heteroatoms. The second kappa shape index (κ2) is 8.54. The van der Waals surface area contributed by atoms with Crippen LogP contribution in [0.4, 0.5) is 5.69 Å². The fourth-order valence-electron chi connectivity index (χ4n) is 3.61. The molecular formula is C26H27N3O. The number of nitrogens with one attached hydrogen (secondary N) is 1. The maximum Gasteiger partial charge on any atom is 0.279 e. The molecular weight excluding hydrogens is 370 g/mol. The van der Waals surface area contributed by atoms with E-state index in [9.17, 15) is 4.79 Å². The monoisotopic (exact) mass is 397 g/mol. The van der Waals surface area contributed by atoms with Gasteiger partial charge in [0.2, 0.25) is 0 Å². The first kappa shape index (κ1) is 19.9. The Morgan fingerprint density at radius 3 is 2.37 bits per heavy atom. The van der Waals surface area contributed by atoms with Crippen LogP contribution in [-0.4, -0.2) is 16.3 Å². The van der Waals surface area contributed by atoms with Crippen molar-refractivity contribution in [2.75, 3.05) is 11.9 Å². The molecule has 3 aromatic carbocycles. The number of hydrogen-bond donors (Lipinski definition) is 1. The largest absolute Gasteiger partial charge is 0.385 e. The maximum atomic E-state index is 13.4. The Labute approximate surface area is 177 Å². The minimum atomic E-state index is -0.104. The fraction of sp³-hybridized carbons (Fsp3) is 0.231. The minimum Gasteiger partial charge on any atom is -0.385 e. The van der Waals surface area contributed by atoms with E-state index >= 15 is 0 Å². The van der Waals surface area contributed by atoms with Crippen molar-refractivity contribution in [2.45, 2.75) is 27.2 Å². The average molecular weight is 398 g/mol. The molecule has 0 fully saturated rings. The highest BCUT2D eigenvalue weighted by Crippen LogP contribution is 2.26. The molecule has 0 aliphatic heterocycles. The van der Waals surface area contributed by atoms with E-state index in [2.05, 4.69) is 25.2 Å². The van der Waals surface area contributed by atoms with Crippen molar-refractivity contribution in [3.8, 4) is 16.9 Å². The molecule has 4 nitrogen and oxygen atoms in total. The van der Waals surface area contributed by atoms with Crippen LogP contribution in [0.1, 0.15) is 25.8 Å². The summed E-state index contributed by atoms with van der Waals surface area (Å²) in [5, 5.41) is 9.84. The summed E-state index contributed by atoms with van der Waals surface area (Å²) in [4.78, 5) is 13.4. The topological polar surface area (TPSA) is 46.9 Å². The van der Waals surface area contributed by atoms with Crippen molar-refractivity contribution >= 4 is 16.5 Å². The van der Waals surface area contributed by atoms with Gasteiger partial charge >= 0.3 is 0 Å². The Hall–Kier alpha value is -3.40. The fourth-order valence-corrected chi connectivity index (χ4v) is 3.61. The van der Waals surface area contributed by atoms with Crippen molar-refractivity contribution in [3.05, 3.63) is 88.7 Å². The van der Waals surface area contributed by atoms with Gasteiger partial charge in [-0.05, 0) is 43.0 Å². The quantitative estimate of drug-likeness (QED) is 0.446. The molecule has 0 radical (unpaired) electrons. The van der Waals surface area contributed by atoms with E-state index < -0.39 is 0 Å². The van der Waals surface area contributed by atoms with Gasteiger partial charge in [0.25, 0.3) is 5.56 Å². The average Bonchev–Trinajstić information content (AvgIpc) is 2.76. The number of benzene rings is 3. The smallest absolute Gasteiger partial charge is 0.279 e. The van der Waals surface area contributed by atoms with Crippen LogP contribution >= 0.6 is 0 Å². The van der Waals surface area contributed by atoms with Crippen LogP contribution in [0.3, 0.4) is 0 Å². The second-order valence-electron chi connectivity index (χ2n) is 8.09. The standard InChI is InChI=1S/C26H27N3O/c1-18(2)15-16-27-21-14-13-19(3)24(17-21)29-26(30)23-12-8-7-11-22(23)25(28-29)20-9-5-4-6-10-20/h4-14,17-18,27H,15-16H2,1-3H3. The van der Waals surface area contributed by atoms with E-state index in [4.69, 9.17) is 5.10 Å². The number of aromatic nitrogens is 2. The summed E-state index contributed by atoms with van der Waals surface area (Å²) < 4.78 is 1.55. The third-order valence-corrected chi connectivity index (χ3v) is 5.34. The summed E-state index contributed by atoms with van der Waals surface area (Å²) >= 11 is 0. The Bertz CT molecular complexity index is 1230. The number of rotatable bonds is 6. The van der Waals surface area contributed by atoms with Crippen LogP contribution in [0.5, 0.6) is 0 Å². The van der Waals surface area contributed by atoms with Gasteiger partial charge in [-0.15, -0.1) is 0 Å². The highest BCUT2D eigenvalue weighted by molar-refractivity contribution is 5.93. The lowest BCUT2D eigenvalue weighted by atomic mass is 10.0. The van der Waals surface area contributed by atoms with E-state index in [0.29, 0.717) is 11.3 Å². The summed E-state index contributed by atoms with van der Waals surface area (Å²) in [6.07, 6.45) is 1.09. The molecule has 0 spiro atoms. The second-order valence-corrected chi connectivity index (χ2v) is 8.09. The number of anilines is 1. The minimum absolute atomic E-state index is 0.104.